The second-order valence-corrected chi connectivity index (χ2v) is 13.2. The van der Waals surface area contributed by atoms with E-state index in [1.54, 1.807) is 0 Å². The van der Waals surface area contributed by atoms with E-state index in [-0.39, 0.29) is 0 Å². The van der Waals surface area contributed by atoms with Crippen molar-refractivity contribution in [2.75, 3.05) is 0 Å². The number of aliphatic hydroxyl groups excluding tert-OH is 1. The summed E-state index contributed by atoms with van der Waals surface area (Å²) in [6.07, 6.45) is 3.53. The number of nitrogens with zero attached hydrogens (tertiary/aromatic N) is 2. The molecule has 0 radical (unpaired) electrons. The third kappa shape index (κ3) is 5.26. The van der Waals surface area contributed by atoms with Crippen LogP contribution in [0.1, 0.15) is 28.4 Å². The molecule has 0 aliphatic heterocycles. The fourth-order valence-corrected chi connectivity index (χ4v) is 6.81. The van der Waals surface area contributed by atoms with Crippen LogP contribution >= 0.6 is 46.4 Å². The van der Waals surface area contributed by atoms with Gasteiger partial charge in [0, 0.05) is 10.0 Å². The van der Waals surface area contributed by atoms with Gasteiger partial charge in [0.2, 0.25) is 0 Å². The first-order chi connectivity index (χ1) is 19.3. The van der Waals surface area contributed by atoms with Gasteiger partial charge < -0.3 is 0 Å². The number of hydrogen-bond donors (Lipinski definition) is 1. The van der Waals surface area contributed by atoms with Gasteiger partial charge in [-0.3, -0.25) is 0 Å². The Bertz CT molecular complexity index is 1760. The molecule has 0 fully saturated rings. The van der Waals surface area contributed by atoms with Gasteiger partial charge in [0.15, 0.2) is 0 Å². The number of halogens is 4. The maximum atomic E-state index is 11.1. The van der Waals surface area contributed by atoms with Gasteiger partial charge in [0.25, 0.3) is 0 Å². The standard InChI is InChI=1S/C32H22Cl4N2OSe/c1-40-17-30(39)29-15-23(36)14-28-26(27-13-22(35)8-11-25(27)31(28)29)12-19-16-38(24-9-6-21(34)7-10-24)37-32(19)18-2-4-20(33)5-3-18/h2-16,30,39H,17H2,1H3. The van der Waals surface area contributed by atoms with Crippen LogP contribution < -0.4 is 0 Å². The molecule has 1 aromatic heterocycles. The van der Waals surface area contributed by atoms with Crippen LogP contribution in [-0.2, 0) is 0 Å². The van der Waals surface area contributed by atoms with Gasteiger partial charge in [-0.2, -0.15) is 0 Å². The van der Waals surface area contributed by atoms with E-state index in [2.05, 4.69) is 11.9 Å². The average molecular weight is 671 g/mol. The van der Waals surface area contributed by atoms with Crippen LogP contribution in [0, 0.1) is 0 Å². The van der Waals surface area contributed by atoms with Crippen LogP contribution in [0.3, 0.4) is 0 Å². The third-order valence-electron chi connectivity index (χ3n) is 6.90. The average Bonchev–Trinajstić information content (AvgIpc) is 3.48. The molecule has 6 rings (SSSR count). The quantitative estimate of drug-likeness (QED) is 0.179. The van der Waals surface area contributed by atoms with E-state index in [1.165, 1.54) is 0 Å². The summed E-state index contributed by atoms with van der Waals surface area (Å²) in [6.45, 7) is 0. The third-order valence-corrected chi connectivity index (χ3v) is 9.22. The van der Waals surface area contributed by atoms with Crippen molar-refractivity contribution in [3.8, 4) is 28.1 Å². The minimum atomic E-state index is -0.599. The van der Waals surface area contributed by atoms with Crippen molar-refractivity contribution in [1.82, 2.24) is 9.78 Å². The van der Waals surface area contributed by atoms with E-state index in [9.17, 15) is 5.11 Å². The molecule has 0 spiro atoms. The van der Waals surface area contributed by atoms with Crippen molar-refractivity contribution >= 4 is 73.0 Å². The summed E-state index contributed by atoms with van der Waals surface area (Å²) in [5, 5.41) is 19.3. The van der Waals surface area contributed by atoms with E-state index < -0.39 is 6.10 Å². The molecule has 4 aromatic carbocycles. The van der Waals surface area contributed by atoms with E-state index in [4.69, 9.17) is 51.5 Å². The molecular formula is C32H22Cl4N2OSe. The SMILES string of the molecule is C[Se]CC(O)c1cc(Cl)cc2c1-c1ccc(Cl)cc1C2=Cc1cn(-c2ccc(Cl)cc2)nc1-c1ccc(Cl)cc1. The predicted molar refractivity (Wildman–Crippen MR) is 169 cm³/mol. The Kier molecular flexibility index (Phi) is 7.87. The molecule has 0 bridgehead atoms. The molecule has 1 heterocycles. The summed E-state index contributed by atoms with van der Waals surface area (Å²) in [5.41, 5.74) is 9.30. The summed E-state index contributed by atoms with van der Waals surface area (Å²) < 4.78 is 1.85. The Morgan fingerprint density at radius 3 is 2.15 bits per heavy atom. The molecule has 0 saturated carbocycles. The fourth-order valence-electron chi connectivity index (χ4n) is 5.12. The number of aliphatic hydroxyl groups is 1. The summed E-state index contributed by atoms with van der Waals surface area (Å²) >= 11 is 25.8. The van der Waals surface area contributed by atoms with Crippen LogP contribution in [-0.4, -0.2) is 29.8 Å². The molecule has 0 saturated heterocycles. The Morgan fingerprint density at radius 1 is 0.800 bits per heavy atom. The van der Waals surface area contributed by atoms with Gasteiger partial charge in [-0.25, -0.2) is 0 Å². The van der Waals surface area contributed by atoms with Crippen LogP contribution in [0.15, 0.2) is 85.1 Å². The Balaban J connectivity index is 1.60. The second kappa shape index (κ2) is 11.4. The normalized spacial score (nSPS) is 13.9. The molecule has 1 atom stereocenters. The molecular weight excluding hydrogens is 649 g/mol. The number of benzene rings is 4. The monoisotopic (exact) mass is 670 g/mol. The topological polar surface area (TPSA) is 38.0 Å². The van der Waals surface area contributed by atoms with E-state index >= 15 is 0 Å². The maximum absolute atomic E-state index is 11.1. The van der Waals surface area contributed by atoms with Crippen LogP contribution in [0.25, 0.3) is 39.7 Å². The van der Waals surface area contributed by atoms with Crippen LogP contribution in [0.4, 0.5) is 0 Å². The zero-order valence-corrected chi connectivity index (χ0v) is 25.9. The van der Waals surface area contributed by atoms with Crippen molar-refractivity contribution in [3.05, 3.63) is 127 Å². The van der Waals surface area contributed by atoms with Crippen LogP contribution in [0.2, 0.25) is 31.2 Å². The number of hydrogen-bond acceptors (Lipinski definition) is 2. The summed E-state index contributed by atoms with van der Waals surface area (Å²) in [4.78, 5) is 0. The molecule has 40 heavy (non-hydrogen) atoms. The Hall–Kier alpha value is -2.53. The first-order valence-electron chi connectivity index (χ1n) is 12.5. The van der Waals surface area contributed by atoms with Gasteiger partial charge in [-0.1, -0.05) is 23.2 Å². The number of rotatable bonds is 6. The van der Waals surface area contributed by atoms with Gasteiger partial charge >= 0.3 is 215 Å². The Labute approximate surface area is 259 Å². The first-order valence-corrected chi connectivity index (χ1v) is 16.9. The molecule has 3 nitrogen and oxygen atoms in total. The van der Waals surface area contributed by atoms with Gasteiger partial charge in [0.1, 0.15) is 0 Å². The van der Waals surface area contributed by atoms with E-state index in [0.717, 1.165) is 55.9 Å². The zero-order chi connectivity index (χ0) is 28.0. The number of fused-ring (bicyclic) bond motifs is 3. The summed E-state index contributed by atoms with van der Waals surface area (Å²) in [6, 6.07) is 24.9. The molecule has 1 aliphatic rings. The first kappa shape index (κ1) is 27.6. The van der Waals surface area contributed by atoms with Crippen molar-refractivity contribution < 1.29 is 5.11 Å². The van der Waals surface area contributed by atoms with Gasteiger partial charge in [-0.05, 0) is 12.1 Å². The predicted octanol–water partition coefficient (Wildman–Crippen LogP) is 9.93. The van der Waals surface area contributed by atoms with Gasteiger partial charge in [-0.15, -0.1) is 0 Å². The van der Waals surface area contributed by atoms with Crippen LogP contribution in [0.5, 0.6) is 0 Å². The fraction of sp³-hybridized carbons (Fsp3) is 0.0938. The van der Waals surface area contributed by atoms with Crippen molar-refractivity contribution in [2.45, 2.75) is 17.2 Å². The van der Waals surface area contributed by atoms with Crippen molar-refractivity contribution in [1.29, 1.82) is 0 Å². The van der Waals surface area contributed by atoms with Crippen molar-refractivity contribution in [2.24, 2.45) is 0 Å². The minimum absolute atomic E-state index is 0.304. The molecule has 1 unspecified atom stereocenters. The second-order valence-electron chi connectivity index (χ2n) is 9.50. The summed E-state index contributed by atoms with van der Waals surface area (Å²) in [7, 11) is 0. The Morgan fingerprint density at radius 2 is 1.45 bits per heavy atom. The molecule has 8 heteroatoms. The van der Waals surface area contributed by atoms with E-state index in [1.807, 2.05) is 89.7 Å². The van der Waals surface area contributed by atoms with Crippen molar-refractivity contribution in [3.63, 3.8) is 0 Å². The molecule has 1 aliphatic carbocycles. The molecule has 200 valence electrons. The molecule has 0 amide bonds. The molecule has 5 aromatic rings. The molecule has 1 N–H and O–H groups in total. The van der Waals surface area contributed by atoms with Gasteiger partial charge in [0.05, 0.1) is 0 Å². The zero-order valence-electron chi connectivity index (χ0n) is 21.2. The number of aromatic nitrogens is 2. The summed E-state index contributed by atoms with van der Waals surface area (Å²) in [5.74, 6) is 2.12. The van der Waals surface area contributed by atoms with E-state index in [0.29, 0.717) is 40.4 Å².